The van der Waals surface area contributed by atoms with Crippen molar-refractivity contribution >= 4 is 16.8 Å². The number of methoxy groups -OCH3 is 1. The van der Waals surface area contributed by atoms with Crippen LogP contribution in [0.5, 0.6) is 5.75 Å². The molecule has 0 radical (unpaired) electrons. The van der Waals surface area contributed by atoms with Crippen LogP contribution in [0, 0.1) is 11.7 Å². The molecule has 2 heterocycles. The lowest BCUT2D eigenvalue weighted by molar-refractivity contribution is -0.141. The van der Waals surface area contributed by atoms with Gasteiger partial charge in [0.15, 0.2) is 0 Å². The molecule has 1 amide bonds. The van der Waals surface area contributed by atoms with Crippen molar-refractivity contribution in [3.8, 4) is 5.75 Å². The van der Waals surface area contributed by atoms with Gasteiger partial charge in [-0.25, -0.2) is 4.39 Å². The molecule has 1 aliphatic heterocycles. The lowest BCUT2D eigenvalue weighted by atomic mass is 9.68. The number of fused-ring (bicyclic) bond motifs is 4. The maximum Gasteiger partial charge on any atom is 0.227 e. The Labute approximate surface area is 235 Å². The van der Waals surface area contributed by atoms with E-state index in [1.54, 1.807) is 13.2 Å². The van der Waals surface area contributed by atoms with E-state index in [0.29, 0.717) is 18.9 Å². The quantitative estimate of drug-likeness (QED) is 0.299. The summed E-state index contributed by atoms with van der Waals surface area (Å²) in [7, 11) is 5.82. The molecule has 4 aromatic rings. The Morgan fingerprint density at radius 2 is 1.85 bits per heavy atom. The normalized spacial score (nSPS) is 21.5. The molecule has 1 aromatic heterocycles. The molecule has 1 spiro atoms. The average Bonchev–Trinajstić information content (AvgIpc) is 3.34. The number of hydrogen-bond donors (Lipinski definition) is 1. The van der Waals surface area contributed by atoms with E-state index >= 15 is 0 Å². The molecular formula is C34H38FN3O2. The molecule has 1 fully saturated rings. The van der Waals surface area contributed by atoms with Gasteiger partial charge in [0.25, 0.3) is 0 Å². The molecule has 1 N–H and O–H groups in total. The van der Waals surface area contributed by atoms with Gasteiger partial charge in [0.05, 0.1) is 19.1 Å². The van der Waals surface area contributed by atoms with Crippen LogP contribution in [0.3, 0.4) is 0 Å². The molecule has 1 saturated carbocycles. The van der Waals surface area contributed by atoms with Gasteiger partial charge < -0.3 is 19.5 Å². The summed E-state index contributed by atoms with van der Waals surface area (Å²) in [6, 6.07) is 23.5. The van der Waals surface area contributed by atoms with Crippen molar-refractivity contribution in [3.05, 3.63) is 101 Å². The zero-order valence-corrected chi connectivity index (χ0v) is 23.6. The molecule has 1 unspecified atom stereocenters. The maximum absolute atomic E-state index is 14.2. The third-order valence-corrected chi connectivity index (χ3v) is 9.22. The van der Waals surface area contributed by atoms with E-state index in [9.17, 15) is 9.18 Å². The maximum atomic E-state index is 14.2. The summed E-state index contributed by atoms with van der Waals surface area (Å²) < 4.78 is 19.6. The number of hydrogen-bond acceptors (Lipinski definition) is 3. The van der Waals surface area contributed by atoms with Crippen LogP contribution in [0.25, 0.3) is 10.9 Å². The van der Waals surface area contributed by atoms with Crippen molar-refractivity contribution < 1.29 is 13.9 Å². The van der Waals surface area contributed by atoms with Crippen LogP contribution in [0.4, 0.5) is 4.39 Å². The minimum Gasteiger partial charge on any atom is -0.497 e. The molecule has 6 heteroatoms. The molecular weight excluding hydrogens is 501 g/mol. The molecule has 40 heavy (non-hydrogen) atoms. The van der Waals surface area contributed by atoms with Crippen LogP contribution in [0.15, 0.2) is 72.8 Å². The molecule has 1 atom stereocenters. The zero-order valence-electron chi connectivity index (χ0n) is 23.6. The van der Waals surface area contributed by atoms with Crippen molar-refractivity contribution in [2.24, 2.45) is 5.92 Å². The highest BCUT2D eigenvalue weighted by Gasteiger charge is 2.49. The van der Waals surface area contributed by atoms with Crippen molar-refractivity contribution in [2.45, 2.75) is 50.1 Å². The zero-order chi connectivity index (χ0) is 27.9. The molecule has 5 nitrogen and oxygen atoms in total. The second kappa shape index (κ2) is 10.7. The van der Waals surface area contributed by atoms with Crippen LogP contribution in [-0.2, 0) is 23.2 Å². The monoisotopic (exact) mass is 539 g/mol. The standard InChI is InChI=1S/C34H38FN3O2/c1-37(2)32(25-9-7-10-26(35)22-25)24-14-17-34(18-15-24)33-29(28-12-4-5-13-30(28)36-33)16-19-38(34)31(39)21-23-8-6-11-27(20-23)40-3/h4-13,20,22,24,32,36H,14-19,21H2,1-3H3. The highest BCUT2D eigenvalue weighted by atomic mass is 19.1. The van der Waals surface area contributed by atoms with Gasteiger partial charge in [-0.3, -0.25) is 4.79 Å². The number of halogens is 1. The van der Waals surface area contributed by atoms with E-state index in [1.165, 1.54) is 22.7 Å². The van der Waals surface area contributed by atoms with Crippen molar-refractivity contribution in [1.82, 2.24) is 14.8 Å². The summed E-state index contributed by atoms with van der Waals surface area (Å²) in [6.07, 6.45) is 4.86. The Morgan fingerprint density at radius 3 is 2.60 bits per heavy atom. The number of carbonyl (C=O) groups excluding carboxylic acids is 1. The van der Waals surface area contributed by atoms with E-state index in [-0.39, 0.29) is 23.3 Å². The average molecular weight is 540 g/mol. The number of carbonyl (C=O) groups is 1. The van der Waals surface area contributed by atoms with Gasteiger partial charge in [0, 0.05) is 29.2 Å². The number of rotatable bonds is 6. The molecule has 3 aromatic carbocycles. The van der Waals surface area contributed by atoms with E-state index in [4.69, 9.17) is 4.74 Å². The first-order valence-electron chi connectivity index (χ1n) is 14.3. The first-order chi connectivity index (χ1) is 19.4. The van der Waals surface area contributed by atoms with Gasteiger partial charge in [-0.1, -0.05) is 42.5 Å². The SMILES string of the molecule is COc1cccc(CC(=O)N2CCc3c([nH]c4ccccc34)C23CCC(C(c2cccc(F)c2)N(C)C)CC3)c1. The first kappa shape index (κ1) is 26.6. The fourth-order valence-corrected chi connectivity index (χ4v) is 7.48. The molecule has 208 valence electrons. The number of para-hydroxylation sites is 1. The van der Waals surface area contributed by atoms with E-state index in [2.05, 4.69) is 53.1 Å². The number of aromatic amines is 1. The Hall–Kier alpha value is -3.64. The Balaban J connectivity index is 1.35. The number of amides is 1. The number of nitrogens with zero attached hydrogens (tertiary/aromatic N) is 2. The van der Waals surface area contributed by atoms with Gasteiger partial charge in [-0.15, -0.1) is 0 Å². The molecule has 0 saturated heterocycles. The minimum atomic E-state index is -0.377. The van der Waals surface area contributed by atoms with E-state index in [0.717, 1.165) is 54.5 Å². The summed E-state index contributed by atoms with van der Waals surface area (Å²) in [4.78, 5) is 22.2. The van der Waals surface area contributed by atoms with Crippen LogP contribution < -0.4 is 4.74 Å². The number of benzene rings is 3. The predicted octanol–water partition coefficient (Wildman–Crippen LogP) is 6.63. The summed E-state index contributed by atoms with van der Waals surface area (Å²) in [6.45, 7) is 0.712. The largest absolute Gasteiger partial charge is 0.497 e. The van der Waals surface area contributed by atoms with E-state index in [1.807, 2.05) is 36.4 Å². The van der Waals surface area contributed by atoms with Crippen molar-refractivity contribution in [2.75, 3.05) is 27.7 Å². The van der Waals surface area contributed by atoms with Gasteiger partial charge in [0.2, 0.25) is 5.91 Å². The van der Waals surface area contributed by atoms with Crippen LogP contribution in [-0.4, -0.2) is 48.4 Å². The molecule has 1 aliphatic carbocycles. The smallest absolute Gasteiger partial charge is 0.227 e. The minimum absolute atomic E-state index is 0.125. The number of ether oxygens (including phenoxy) is 1. The summed E-state index contributed by atoms with van der Waals surface area (Å²) in [5, 5.41) is 1.27. The number of H-pyrrole nitrogens is 1. The first-order valence-corrected chi connectivity index (χ1v) is 14.3. The van der Waals surface area contributed by atoms with Gasteiger partial charge in [0.1, 0.15) is 11.6 Å². The van der Waals surface area contributed by atoms with E-state index < -0.39 is 0 Å². The fraction of sp³-hybridized carbons (Fsp3) is 0.382. The van der Waals surface area contributed by atoms with Crippen molar-refractivity contribution in [1.29, 1.82) is 0 Å². The van der Waals surface area contributed by atoms with Gasteiger partial charge >= 0.3 is 0 Å². The Kier molecular flexibility index (Phi) is 7.13. The third kappa shape index (κ3) is 4.68. The lowest BCUT2D eigenvalue weighted by Gasteiger charge is -2.52. The molecule has 0 bridgehead atoms. The second-order valence-corrected chi connectivity index (χ2v) is 11.7. The summed E-state index contributed by atoms with van der Waals surface area (Å²) >= 11 is 0. The third-order valence-electron chi connectivity index (χ3n) is 9.22. The summed E-state index contributed by atoms with van der Waals surface area (Å²) in [5.41, 5.74) is 5.32. The topological polar surface area (TPSA) is 48.6 Å². The highest BCUT2D eigenvalue weighted by molar-refractivity contribution is 5.87. The van der Waals surface area contributed by atoms with Crippen molar-refractivity contribution in [3.63, 3.8) is 0 Å². The van der Waals surface area contributed by atoms with Crippen LogP contribution in [0.1, 0.15) is 54.1 Å². The van der Waals surface area contributed by atoms with Gasteiger partial charge in [-0.2, -0.15) is 0 Å². The number of aromatic nitrogens is 1. The fourth-order valence-electron chi connectivity index (χ4n) is 7.48. The Morgan fingerprint density at radius 1 is 1.07 bits per heavy atom. The second-order valence-electron chi connectivity index (χ2n) is 11.7. The van der Waals surface area contributed by atoms with Crippen LogP contribution >= 0.6 is 0 Å². The molecule has 2 aliphatic rings. The number of nitrogens with one attached hydrogen (secondary N) is 1. The summed E-state index contributed by atoms with van der Waals surface area (Å²) in [5.74, 6) is 1.10. The molecule has 6 rings (SSSR count). The van der Waals surface area contributed by atoms with Crippen LogP contribution in [0.2, 0.25) is 0 Å². The Bertz CT molecular complexity index is 1520. The predicted molar refractivity (Wildman–Crippen MR) is 157 cm³/mol. The van der Waals surface area contributed by atoms with Gasteiger partial charge in [-0.05, 0) is 99.1 Å². The lowest BCUT2D eigenvalue weighted by Crippen LogP contribution is -2.56. The highest BCUT2D eigenvalue weighted by Crippen LogP contribution is 2.51.